The van der Waals surface area contributed by atoms with Crippen LogP contribution in [0.15, 0.2) is 45.8 Å². The van der Waals surface area contributed by atoms with Gasteiger partial charge in [-0.15, -0.1) is 0 Å². The molecule has 0 heterocycles. The van der Waals surface area contributed by atoms with E-state index in [1.54, 1.807) is 6.07 Å². The fourth-order valence-electron chi connectivity index (χ4n) is 1.68. The molecular formula is C13H10BrClFNO3S. The molecule has 21 heavy (non-hydrogen) atoms. The van der Waals surface area contributed by atoms with E-state index >= 15 is 0 Å². The number of hydrogen-bond acceptors (Lipinski definition) is 3. The van der Waals surface area contributed by atoms with Crippen LogP contribution in [0.25, 0.3) is 0 Å². The Morgan fingerprint density at radius 2 is 1.95 bits per heavy atom. The number of rotatable bonds is 4. The van der Waals surface area contributed by atoms with E-state index in [-0.39, 0.29) is 16.1 Å². The van der Waals surface area contributed by atoms with E-state index in [0.717, 1.165) is 12.1 Å². The van der Waals surface area contributed by atoms with Gasteiger partial charge in [0.15, 0.2) is 0 Å². The molecule has 0 spiro atoms. The van der Waals surface area contributed by atoms with Gasteiger partial charge in [-0.05, 0) is 51.8 Å². The van der Waals surface area contributed by atoms with Gasteiger partial charge in [-0.1, -0.05) is 17.7 Å². The maximum Gasteiger partial charge on any atom is 0.262 e. The first-order valence-corrected chi connectivity index (χ1v) is 8.36. The monoisotopic (exact) mass is 393 g/mol. The first-order chi connectivity index (χ1) is 9.83. The van der Waals surface area contributed by atoms with Gasteiger partial charge in [0.2, 0.25) is 0 Å². The normalized spacial score (nSPS) is 11.4. The molecular weight excluding hydrogens is 385 g/mol. The summed E-state index contributed by atoms with van der Waals surface area (Å²) >= 11 is 9.09. The standard InChI is InChI=1S/C13H10BrClFNO3S/c14-11-4-3-10(6-12(11)15)17-21(19,20)13-5-9(16)2-1-8(13)7-18/h1-6,17-18H,7H2. The predicted octanol–water partition coefficient (Wildman–Crippen LogP) is 3.53. The molecule has 8 heteroatoms. The van der Waals surface area contributed by atoms with Crippen molar-refractivity contribution < 1.29 is 17.9 Å². The zero-order chi connectivity index (χ0) is 15.6. The van der Waals surface area contributed by atoms with Gasteiger partial charge in [0.05, 0.1) is 22.2 Å². The summed E-state index contributed by atoms with van der Waals surface area (Å²) < 4.78 is 40.8. The summed E-state index contributed by atoms with van der Waals surface area (Å²) in [6.07, 6.45) is 0. The highest BCUT2D eigenvalue weighted by molar-refractivity contribution is 9.10. The summed E-state index contributed by atoms with van der Waals surface area (Å²) in [5, 5.41) is 9.51. The maximum absolute atomic E-state index is 13.3. The second kappa shape index (κ2) is 6.31. The van der Waals surface area contributed by atoms with Crippen molar-refractivity contribution in [2.75, 3.05) is 4.72 Å². The Hall–Kier alpha value is -1.15. The van der Waals surface area contributed by atoms with Crippen LogP contribution in [0.3, 0.4) is 0 Å². The van der Waals surface area contributed by atoms with Crippen molar-refractivity contribution in [3.8, 4) is 0 Å². The molecule has 0 fully saturated rings. The number of aliphatic hydroxyl groups is 1. The van der Waals surface area contributed by atoms with Crippen molar-refractivity contribution in [1.82, 2.24) is 0 Å². The van der Waals surface area contributed by atoms with Gasteiger partial charge in [0.25, 0.3) is 10.0 Å². The van der Waals surface area contributed by atoms with E-state index in [0.29, 0.717) is 9.50 Å². The Balaban J connectivity index is 2.42. The SMILES string of the molecule is O=S(=O)(Nc1ccc(Br)c(Cl)c1)c1cc(F)ccc1CO. The fraction of sp³-hybridized carbons (Fsp3) is 0.0769. The van der Waals surface area contributed by atoms with Crippen LogP contribution in [-0.4, -0.2) is 13.5 Å². The molecule has 0 saturated carbocycles. The number of halogens is 3. The van der Waals surface area contributed by atoms with Crippen LogP contribution in [-0.2, 0) is 16.6 Å². The van der Waals surface area contributed by atoms with E-state index in [1.807, 2.05) is 0 Å². The molecule has 2 aromatic carbocycles. The number of benzene rings is 2. The minimum Gasteiger partial charge on any atom is -0.392 e. The van der Waals surface area contributed by atoms with Crippen molar-refractivity contribution in [3.05, 3.63) is 57.3 Å². The van der Waals surface area contributed by atoms with E-state index in [4.69, 9.17) is 11.6 Å². The first kappa shape index (κ1) is 16.2. The third kappa shape index (κ3) is 3.74. The largest absolute Gasteiger partial charge is 0.392 e. The average molecular weight is 395 g/mol. The first-order valence-electron chi connectivity index (χ1n) is 5.70. The second-order valence-electron chi connectivity index (χ2n) is 4.14. The molecule has 0 atom stereocenters. The van der Waals surface area contributed by atoms with Crippen LogP contribution < -0.4 is 4.72 Å². The Kier molecular flexibility index (Phi) is 4.88. The summed E-state index contributed by atoms with van der Waals surface area (Å²) in [5.74, 6) is -0.707. The van der Waals surface area contributed by atoms with Gasteiger partial charge in [0, 0.05) is 4.47 Å². The van der Waals surface area contributed by atoms with Crippen LogP contribution in [0, 0.1) is 5.82 Å². The van der Waals surface area contributed by atoms with Crippen molar-refractivity contribution in [2.24, 2.45) is 0 Å². The quantitative estimate of drug-likeness (QED) is 0.833. The number of sulfonamides is 1. The van der Waals surface area contributed by atoms with E-state index in [1.165, 1.54) is 18.2 Å². The van der Waals surface area contributed by atoms with Crippen LogP contribution in [0.5, 0.6) is 0 Å². The molecule has 0 bridgehead atoms. The molecule has 4 nitrogen and oxygen atoms in total. The lowest BCUT2D eigenvalue weighted by Gasteiger charge is -2.12. The lowest BCUT2D eigenvalue weighted by molar-refractivity contribution is 0.278. The van der Waals surface area contributed by atoms with Crippen LogP contribution in [0.2, 0.25) is 5.02 Å². The molecule has 0 aliphatic heterocycles. The Morgan fingerprint density at radius 3 is 2.57 bits per heavy atom. The summed E-state index contributed by atoms with van der Waals surface area (Å²) in [4.78, 5) is -0.316. The Labute approximate surface area is 134 Å². The van der Waals surface area contributed by atoms with Gasteiger partial charge < -0.3 is 5.11 Å². The summed E-state index contributed by atoms with van der Waals surface area (Å²) in [5.41, 5.74) is 0.337. The van der Waals surface area contributed by atoms with Crippen LogP contribution >= 0.6 is 27.5 Å². The molecule has 0 saturated heterocycles. The molecule has 112 valence electrons. The molecule has 0 aliphatic rings. The molecule has 2 aromatic rings. The van der Waals surface area contributed by atoms with Crippen molar-refractivity contribution in [3.63, 3.8) is 0 Å². The highest BCUT2D eigenvalue weighted by Gasteiger charge is 2.19. The number of aliphatic hydroxyl groups excluding tert-OH is 1. The minimum atomic E-state index is -4.03. The average Bonchev–Trinajstić information content (AvgIpc) is 2.42. The fourth-order valence-corrected chi connectivity index (χ4v) is 3.40. The molecule has 0 aromatic heterocycles. The topological polar surface area (TPSA) is 66.4 Å². The van der Waals surface area contributed by atoms with Crippen LogP contribution in [0.4, 0.5) is 10.1 Å². The van der Waals surface area contributed by atoms with Gasteiger partial charge in [-0.25, -0.2) is 12.8 Å². The molecule has 2 rings (SSSR count). The van der Waals surface area contributed by atoms with E-state index < -0.39 is 22.4 Å². The molecule has 2 N–H and O–H groups in total. The number of anilines is 1. The smallest absolute Gasteiger partial charge is 0.262 e. The maximum atomic E-state index is 13.3. The van der Waals surface area contributed by atoms with Gasteiger partial charge in [-0.2, -0.15) is 0 Å². The summed E-state index contributed by atoms with van der Waals surface area (Å²) in [7, 11) is -4.03. The predicted molar refractivity (Wildman–Crippen MR) is 82.3 cm³/mol. The minimum absolute atomic E-state index is 0.104. The number of nitrogens with one attached hydrogen (secondary N) is 1. The van der Waals surface area contributed by atoms with Crippen LogP contribution in [0.1, 0.15) is 5.56 Å². The van der Waals surface area contributed by atoms with Crippen molar-refractivity contribution in [2.45, 2.75) is 11.5 Å². The second-order valence-corrected chi connectivity index (χ2v) is 7.06. The highest BCUT2D eigenvalue weighted by atomic mass is 79.9. The Morgan fingerprint density at radius 1 is 1.24 bits per heavy atom. The molecule has 0 unspecified atom stereocenters. The van der Waals surface area contributed by atoms with Gasteiger partial charge >= 0.3 is 0 Å². The zero-order valence-electron chi connectivity index (χ0n) is 10.5. The van der Waals surface area contributed by atoms with Crippen molar-refractivity contribution >= 4 is 43.2 Å². The molecule has 0 aliphatic carbocycles. The highest BCUT2D eigenvalue weighted by Crippen LogP contribution is 2.27. The zero-order valence-corrected chi connectivity index (χ0v) is 13.6. The van der Waals surface area contributed by atoms with Gasteiger partial charge in [0.1, 0.15) is 5.82 Å². The number of hydrogen-bond donors (Lipinski definition) is 2. The summed E-state index contributed by atoms with van der Waals surface area (Å²) in [6, 6.07) is 7.67. The lowest BCUT2D eigenvalue weighted by atomic mass is 10.2. The molecule has 0 amide bonds. The van der Waals surface area contributed by atoms with Crippen molar-refractivity contribution in [1.29, 1.82) is 0 Å². The Bertz CT molecular complexity index is 783. The lowest BCUT2D eigenvalue weighted by Crippen LogP contribution is -2.15. The van der Waals surface area contributed by atoms with Gasteiger partial charge in [-0.3, -0.25) is 4.72 Å². The van der Waals surface area contributed by atoms with E-state index in [9.17, 15) is 17.9 Å². The third-order valence-corrected chi connectivity index (χ3v) is 5.36. The van der Waals surface area contributed by atoms with E-state index in [2.05, 4.69) is 20.7 Å². The molecule has 0 radical (unpaired) electrons. The summed E-state index contributed by atoms with van der Waals surface area (Å²) in [6.45, 7) is -0.516. The third-order valence-electron chi connectivity index (χ3n) is 2.66.